The van der Waals surface area contributed by atoms with Crippen LogP contribution in [0.4, 0.5) is 0 Å². The van der Waals surface area contributed by atoms with Crippen molar-refractivity contribution >= 4 is 23.4 Å². The second-order valence-electron chi connectivity index (χ2n) is 5.54. The highest BCUT2D eigenvalue weighted by atomic mass is 32.1. The highest BCUT2D eigenvalue weighted by Gasteiger charge is 2.18. The van der Waals surface area contributed by atoms with E-state index in [0.29, 0.717) is 6.04 Å². The second kappa shape index (κ2) is 5.06. The summed E-state index contributed by atoms with van der Waals surface area (Å²) >= 11 is 5.46. The number of H-pyrrole nitrogens is 1. The third-order valence-electron chi connectivity index (χ3n) is 3.85. The minimum atomic E-state index is 0.356. The normalized spacial score (nSPS) is 18.2. The number of hydrogen-bond donors (Lipinski definition) is 1. The Morgan fingerprint density at radius 2 is 2.16 bits per heavy atom. The van der Waals surface area contributed by atoms with Crippen molar-refractivity contribution in [3.05, 3.63) is 22.6 Å². The predicted molar refractivity (Wildman–Crippen MR) is 80.0 cm³/mol. The summed E-state index contributed by atoms with van der Waals surface area (Å²) in [6.07, 6.45) is 4.55. The standard InChI is InChI=1S/C14H20N4S/c1-10-7-12-13(15-8-10)18(14(19)16-12)11(2)9-17-5-3-4-6-17/h7-8,11H,3-6,9H2,1-2H3,(H,16,19). The monoisotopic (exact) mass is 276 g/mol. The molecule has 102 valence electrons. The Kier molecular flexibility index (Phi) is 3.41. The highest BCUT2D eigenvalue weighted by Crippen LogP contribution is 2.20. The van der Waals surface area contributed by atoms with Crippen molar-refractivity contribution in [2.45, 2.75) is 32.7 Å². The van der Waals surface area contributed by atoms with E-state index in [-0.39, 0.29) is 0 Å². The molecule has 0 saturated carbocycles. The molecule has 0 bridgehead atoms. The molecule has 2 aromatic heterocycles. The van der Waals surface area contributed by atoms with E-state index < -0.39 is 0 Å². The summed E-state index contributed by atoms with van der Waals surface area (Å²) in [5, 5.41) is 0. The van der Waals surface area contributed by atoms with Crippen molar-refractivity contribution in [1.29, 1.82) is 0 Å². The van der Waals surface area contributed by atoms with Crippen LogP contribution in [0.5, 0.6) is 0 Å². The molecule has 4 nitrogen and oxygen atoms in total. The topological polar surface area (TPSA) is 36.9 Å². The first-order chi connectivity index (χ1) is 9.15. The van der Waals surface area contributed by atoms with E-state index in [2.05, 4.69) is 32.4 Å². The fourth-order valence-electron chi connectivity index (χ4n) is 2.95. The molecule has 0 spiro atoms. The first-order valence-corrected chi connectivity index (χ1v) is 7.35. The van der Waals surface area contributed by atoms with E-state index in [1.54, 1.807) is 0 Å². The molecule has 1 N–H and O–H groups in total. The fourth-order valence-corrected chi connectivity index (χ4v) is 3.32. The molecule has 1 aliphatic heterocycles. The number of hydrogen-bond acceptors (Lipinski definition) is 3. The number of likely N-dealkylation sites (tertiary alicyclic amines) is 1. The van der Waals surface area contributed by atoms with Crippen molar-refractivity contribution in [1.82, 2.24) is 19.4 Å². The van der Waals surface area contributed by atoms with Crippen LogP contribution in [0, 0.1) is 11.7 Å². The zero-order valence-electron chi connectivity index (χ0n) is 11.5. The molecule has 19 heavy (non-hydrogen) atoms. The van der Waals surface area contributed by atoms with Gasteiger partial charge in [0.25, 0.3) is 0 Å². The Morgan fingerprint density at radius 3 is 2.89 bits per heavy atom. The van der Waals surface area contributed by atoms with Crippen LogP contribution >= 0.6 is 12.2 Å². The van der Waals surface area contributed by atoms with E-state index in [1.165, 1.54) is 25.9 Å². The van der Waals surface area contributed by atoms with Crippen molar-refractivity contribution in [3.8, 4) is 0 Å². The van der Waals surface area contributed by atoms with Crippen LogP contribution in [0.2, 0.25) is 0 Å². The maximum Gasteiger partial charge on any atom is 0.179 e. The smallest absolute Gasteiger partial charge is 0.179 e. The van der Waals surface area contributed by atoms with E-state index in [9.17, 15) is 0 Å². The average molecular weight is 276 g/mol. The van der Waals surface area contributed by atoms with Gasteiger partial charge in [-0.3, -0.25) is 4.57 Å². The number of aryl methyl sites for hydroxylation is 1. The Hall–Kier alpha value is -1.20. The molecule has 5 heteroatoms. The van der Waals surface area contributed by atoms with Gasteiger partial charge in [-0.25, -0.2) is 4.98 Å². The SMILES string of the molecule is Cc1cnc2c(c1)[nH]c(=S)n2C(C)CN1CCCC1. The molecule has 0 aliphatic carbocycles. The van der Waals surface area contributed by atoms with Gasteiger partial charge in [-0.2, -0.15) is 0 Å². The van der Waals surface area contributed by atoms with Gasteiger partial charge in [0.05, 0.1) is 5.52 Å². The van der Waals surface area contributed by atoms with Crippen molar-refractivity contribution in [3.63, 3.8) is 0 Å². The lowest BCUT2D eigenvalue weighted by atomic mass is 10.3. The summed E-state index contributed by atoms with van der Waals surface area (Å²) in [5.74, 6) is 0. The van der Waals surface area contributed by atoms with Gasteiger partial charge in [0.15, 0.2) is 10.4 Å². The van der Waals surface area contributed by atoms with E-state index in [1.807, 2.05) is 13.1 Å². The van der Waals surface area contributed by atoms with Gasteiger partial charge < -0.3 is 9.88 Å². The third-order valence-corrected chi connectivity index (χ3v) is 4.15. The molecule has 1 fully saturated rings. The van der Waals surface area contributed by atoms with Crippen LogP contribution in [0.15, 0.2) is 12.3 Å². The molecule has 2 aromatic rings. The van der Waals surface area contributed by atoms with Crippen LogP contribution in [0.25, 0.3) is 11.2 Å². The number of imidazole rings is 1. The van der Waals surface area contributed by atoms with Crippen LogP contribution < -0.4 is 0 Å². The van der Waals surface area contributed by atoms with Crippen LogP contribution in [0.1, 0.15) is 31.4 Å². The zero-order chi connectivity index (χ0) is 13.4. The van der Waals surface area contributed by atoms with Gasteiger partial charge in [-0.15, -0.1) is 0 Å². The van der Waals surface area contributed by atoms with E-state index in [0.717, 1.165) is 28.0 Å². The van der Waals surface area contributed by atoms with Gasteiger partial charge in [-0.05, 0) is 63.6 Å². The third kappa shape index (κ3) is 2.44. The van der Waals surface area contributed by atoms with Crippen molar-refractivity contribution in [2.75, 3.05) is 19.6 Å². The number of nitrogens with one attached hydrogen (secondary N) is 1. The summed E-state index contributed by atoms with van der Waals surface area (Å²) < 4.78 is 2.93. The quantitative estimate of drug-likeness (QED) is 0.875. The van der Waals surface area contributed by atoms with Crippen LogP contribution in [0.3, 0.4) is 0 Å². The average Bonchev–Trinajstić information content (AvgIpc) is 2.95. The highest BCUT2D eigenvalue weighted by molar-refractivity contribution is 7.71. The predicted octanol–water partition coefficient (Wildman–Crippen LogP) is 3.06. The number of pyridine rings is 1. The molecular formula is C14H20N4S. The Labute approximate surface area is 118 Å². The molecule has 1 atom stereocenters. The van der Waals surface area contributed by atoms with Crippen molar-refractivity contribution < 1.29 is 0 Å². The molecule has 3 heterocycles. The Bertz CT molecular complexity index is 636. The summed E-state index contributed by atoms with van der Waals surface area (Å²) in [6.45, 7) is 7.76. The molecule has 1 unspecified atom stereocenters. The lowest BCUT2D eigenvalue weighted by Gasteiger charge is -2.21. The minimum absolute atomic E-state index is 0.356. The largest absolute Gasteiger partial charge is 0.329 e. The first kappa shape index (κ1) is 12.8. The number of aromatic nitrogens is 3. The number of rotatable bonds is 3. The molecule has 3 rings (SSSR count). The molecule has 1 aliphatic rings. The summed E-state index contributed by atoms with van der Waals surface area (Å²) in [6, 6.07) is 2.46. The summed E-state index contributed by atoms with van der Waals surface area (Å²) in [4.78, 5) is 10.3. The molecular weight excluding hydrogens is 256 g/mol. The lowest BCUT2D eigenvalue weighted by Crippen LogP contribution is -2.27. The zero-order valence-corrected chi connectivity index (χ0v) is 12.3. The molecule has 0 radical (unpaired) electrons. The van der Waals surface area contributed by atoms with Gasteiger partial charge in [0, 0.05) is 18.8 Å². The van der Waals surface area contributed by atoms with E-state index in [4.69, 9.17) is 12.2 Å². The fraction of sp³-hybridized carbons (Fsp3) is 0.571. The van der Waals surface area contributed by atoms with Gasteiger partial charge >= 0.3 is 0 Å². The number of aromatic amines is 1. The maximum absolute atomic E-state index is 5.46. The van der Waals surface area contributed by atoms with Crippen LogP contribution in [-0.2, 0) is 0 Å². The molecule has 0 amide bonds. The second-order valence-corrected chi connectivity index (χ2v) is 5.93. The minimum Gasteiger partial charge on any atom is -0.329 e. The Balaban J connectivity index is 1.94. The number of fused-ring (bicyclic) bond motifs is 1. The van der Waals surface area contributed by atoms with Gasteiger partial charge in [-0.1, -0.05) is 0 Å². The summed E-state index contributed by atoms with van der Waals surface area (Å²) in [5.41, 5.74) is 3.17. The Morgan fingerprint density at radius 1 is 1.42 bits per heavy atom. The van der Waals surface area contributed by atoms with Crippen molar-refractivity contribution in [2.24, 2.45) is 0 Å². The van der Waals surface area contributed by atoms with Crippen LogP contribution in [-0.4, -0.2) is 39.1 Å². The first-order valence-electron chi connectivity index (χ1n) is 6.94. The van der Waals surface area contributed by atoms with Gasteiger partial charge in [0.2, 0.25) is 0 Å². The van der Waals surface area contributed by atoms with Gasteiger partial charge in [0.1, 0.15) is 0 Å². The number of nitrogens with zero attached hydrogens (tertiary/aromatic N) is 3. The summed E-state index contributed by atoms with van der Waals surface area (Å²) in [7, 11) is 0. The maximum atomic E-state index is 5.46. The van der Waals surface area contributed by atoms with E-state index >= 15 is 0 Å². The molecule has 1 saturated heterocycles. The molecule has 0 aromatic carbocycles. The lowest BCUT2D eigenvalue weighted by molar-refractivity contribution is 0.289.